The van der Waals surface area contributed by atoms with E-state index in [9.17, 15) is 18.0 Å². The maximum absolute atomic E-state index is 12.6. The number of pyridine rings is 1. The van der Waals surface area contributed by atoms with E-state index in [1.54, 1.807) is 24.0 Å². The summed E-state index contributed by atoms with van der Waals surface area (Å²) >= 11 is 0. The molecule has 5 nitrogen and oxygen atoms in total. The number of likely N-dealkylation sites (tertiary alicyclic amines) is 1. The smallest absolute Gasteiger partial charge is 0.417 e. The number of nitrogens with zero attached hydrogens (tertiary/aromatic N) is 2. The van der Waals surface area contributed by atoms with Gasteiger partial charge in [0.05, 0.1) is 5.56 Å². The van der Waals surface area contributed by atoms with Crippen molar-refractivity contribution >= 4 is 5.91 Å². The molecule has 28 heavy (non-hydrogen) atoms. The Morgan fingerprint density at radius 1 is 1.14 bits per heavy atom. The maximum atomic E-state index is 12.6. The maximum Gasteiger partial charge on any atom is 0.417 e. The molecular formula is C20H21F3N2O3. The highest BCUT2D eigenvalue weighted by Crippen LogP contribution is 2.29. The zero-order valence-electron chi connectivity index (χ0n) is 15.4. The van der Waals surface area contributed by atoms with Gasteiger partial charge in [-0.1, -0.05) is 18.2 Å². The van der Waals surface area contributed by atoms with Crippen LogP contribution in [0.25, 0.3) is 0 Å². The molecule has 1 aromatic carbocycles. The summed E-state index contributed by atoms with van der Waals surface area (Å²) in [7, 11) is 0. The van der Waals surface area contributed by atoms with Crippen molar-refractivity contribution in [3.8, 4) is 11.6 Å². The molecule has 1 unspecified atom stereocenters. The van der Waals surface area contributed by atoms with Crippen LogP contribution in [-0.2, 0) is 11.0 Å². The minimum atomic E-state index is -4.42. The number of hydrogen-bond acceptors (Lipinski definition) is 4. The van der Waals surface area contributed by atoms with E-state index in [0.29, 0.717) is 31.7 Å². The molecule has 2 aromatic rings. The number of piperidine rings is 1. The zero-order valence-corrected chi connectivity index (χ0v) is 15.4. The van der Waals surface area contributed by atoms with E-state index in [-0.39, 0.29) is 17.9 Å². The summed E-state index contributed by atoms with van der Waals surface area (Å²) in [5.41, 5.74) is -0.812. The Hall–Kier alpha value is -2.77. The SMILES string of the molecule is CC(Oc1ccccc1)C(=O)N1CCC(Oc2ccc(C(F)(F)F)cn2)CC1. The number of carbonyl (C=O) groups is 1. The Kier molecular flexibility index (Phi) is 6.06. The standard InChI is InChI=1S/C20H21F3N2O3/c1-14(27-16-5-3-2-4-6-16)19(26)25-11-9-17(10-12-25)28-18-8-7-15(13-24-18)20(21,22)23/h2-8,13-14,17H,9-12H2,1H3. The highest BCUT2D eigenvalue weighted by Gasteiger charge is 2.31. The van der Waals surface area contributed by atoms with Crippen molar-refractivity contribution in [3.63, 3.8) is 0 Å². The fraction of sp³-hybridized carbons (Fsp3) is 0.400. The van der Waals surface area contributed by atoms with Crippen molar-refractivity contribution in [3.05, 3.63) is 54.2 Å². The minimum absolute atomic E-state index is 0.102. The largest absolute Gasteiger partial charge is 0.481 e. The summed E-state index contributed by atoms with van der Waals surface area (Å²) in [6.07, 6.45) is -3.30. The van der Waals surface area contributed by atoms with Gasteiger partial charge in [0.25, 0.3) is 5.91 Å². The second kappa shape index (κ2) is 8.50. The van der Waals surface area contributed by atoms with E-state index in [2.05, 4.69) is 4.98 Å². The van der Waals surface area contributed by atoms with Gasteiger partial charge in [0.1, 0.15) is 11.9 Å². The lowest BCUT2D eigenvalue weighted by Crippen LogP contribution is -2.46. The van der Waals surface area contributed by atoms with E-state index in [4.69, 9.17) is 9.47 Å². The van der Waals surface area contributed by atoms with Crippen LogP contribution in [0.2, 0.25) is 0 Å². The van der Waals surface area contributed by atoms with Gasteiger partial charge in [0, 0.05) is 38.2 Å². The first-order valence-corrected chi connectivity index (χ1v) is 9.03. The van der Waals surface area contributed by atoms with Gasteiger partial charge < -0.3 is 14.4 Å². The number of para-hydroxylation sites is 1. The van der Waals surface area contributed by atoms with Crippen LogP contribution in [-0.4, -0.2) is 41.1 Å². The summed E-state index contributed by atoms with van der Waals surface area (Å²) in [6, 6.07) is 11.3. The lowest BCUT2D eigenvalue weighted by Gasteiger charge is -2.33. The number of hydrogen-bond donors (Lipinski definition) is 0. The molecule has 0 bridgehead atoms. The first kappa shape index (κ1) is 20.0. The summed E-state index contributed by atoms with van der Waals surface area (Å²) in [5.74, 6) is 0.684. The molecule has 1 atom stereocenters. The number of ether oxygens (including phenoxy) is 2. The predicted octanol–water partition coefficient (Wildman–Crippen LogP) is 3.94. The van der Waals surface area contributed by atoms with Gasteiger partial charge >= 0.3 is 6.18 Å². The van der Waals surface area contributed by atoms with Crippen molar-refractivity contribution < 1.29 is 27.4 Å². The molecule has 0 radical (unpaired) electrons. The lowest BCUT2D eigenvalue weighted by molar-refractivity contribution is -0.139. The van der Waals surface area contributed by atoms with Gasteiger partial charge in [-0.2, -0.15) is 13.2 Å². The predicted molar refractivity (Wildman–Crippen MR) is 96.0 cm³/mol. The van der Waals surface area contributed by atoms with Crippen molar-refractivity contribution in [1.82, 2.24) is 9.88 Å². The Morgan fingerprint density at radius 3 is 2.39 bits per heavy atom. The highest BCUT2D eigenvalue weighted by atomic mass is 19.4. The fourth-order valence-corrected chi connectivity index (χ4v) is 2.99. The summed E-state index contributed by atoms with van der Waals surface area (Å²) < 4.78 is 49.0. The van der Waals surface area contributed by atoms with E-state index >= 15 is 0 Å². The molecule has 2 heterocycles. The molecule has 1 aliphatic rings. The van der Waals surface area contributed by atoms with Crippen LogP contribution in [0, 0.1) is 0 Å². The Labute approximate surface area is 161 Å². The topological polar surface area (TPSA) is 51.7 Å². The van der Waals surface area contributed by atoms with Gasteiger partial charge in [0.15, 0.2) is 6.10 Å². The third kappa shape index (κ3) is 5.15. The zero-order chi connectivity index (χ0) is 20.1. The highest BCUT2D eigenvalue weighted by molar-refractivity contribution is 5.81. The molecule has 1 saturated heterocycles. The number of alkyl halides is 3. The molecule has 8 heteroatoms. The molecule has 3 rings (SSSR count). The summed E-state index contributed by atoms with van der Waals surface area (Å²) in [5, 5.41) is 0. The average molecular weight is 394 g/mol. The molecule has 1 aliphatic heterocycles. The average Bonchev–Trinajstić information content (AvgIpc) is 2.68. The molecular weight excluding hydrogens is 373 g/mol. The van der Waals surface area contributed by atoms with Crippen molar-refractivity contribution in [2.24, 2.45) is 0 Å². The number of halogens is 3. The first-order chi connectivity index (χ1) is 13.3. The van der Waals surface area contributed by atoms with Crippen LogP contribution in [0.5, 0.6) is 11.6 Å². The number of benzene rings is 1. The molecule has 0 spiro atoms. The van der Waals surface area contributed by atoms with Crippen LogP contribution >= 0.6 is 0 Å². The van der Waals surface area contributed by atoms with Crippen LogP contribution < -0.4 is 9.47 Å². The quantitative estimate of drug-likeness (QED) is 0.771. The number of rotatable bonds is 5. The normalized spacial score (nSPS) is 16.5. The van der Waals surface area contributed by atoms with Gasteiger partial charge in [-0.25, -0.2) is 4.98 Å². The van der Waals surface area contributed by atoms with Gasteiger partial charge in [-0.15, -0.1) is 0 Å². The molecule has 1 aromatic heterocycles. The monoisotopic (exact) mass is 394 g/mol. The first-order valence-electron chi connectivity index (χ1n) is 9.03. The Morgan fingerprint density at radius 2 is 1.82 bits per heavy atom. The van der Waals surface area contributed by atoms with Crippen LogP contribution in [0.3, 0.4) is 0 Å². The van der Waals surface area contributed by atoms with Crippen molar-refractivity contribution in [1.29, 1.82) is 0 Å². The van der Waals surface area contributed by atoms with Crippen molar-refractivity contribution in [2.45, 2.75) is 38.1 Å². The van der Waals surface area contributed by atoms with Crippen molar-refractivity contribution in [2.75, 3.05) is 13.1 Å². The van der Waals surface area contributed by atoms with E-state index in [1.165, 1.54) is 6.07 Å². The molecule has 0 aliphatic carbocycles. The number of amides is 1. The van der Waals surface area contributed by atoms with Crippen LogP contribution in [0.1, 0.15) is 25.3 Å². The second-order valence-corrected chi connectivity index (χ2v) is 6.60. The third-order valence-corrected chi connectivity index (χ3v) is 4.51. The molecule has 1 amide bonds. The second-order valence-electron chi connectivity index (χ2n) is 6.60. The van der Waals surface area contributed by atoms with Crippen LogP contribution in [0.15, 0.2) is 48.7 Å². The summed E-state index contributed by atoms with van der Waals surface area (Å²) in [6.45, 7) is 2.70. The van der Waals surface area contributed by atoms with E-state index in [1.807, 2.05) is 18.2 Å². The van der Waals surface area contributed by atoms with Gasteiger partial charge in [-0.05, 0) is 25.1 Å². The summed E-state index contributed by atoms with van der Waals surface area (Å²) in [4.78, 5) is 18.0. The third-order valence-electron chi connectivity index (χ3n) is 4.51. The minimum Gasteiger partial charge on any atom is -0.481 e. The molecule has 0 N–H and O–H groups in total. The van der Waals surface area contributed by atoms with Crippen LogP contribution in [0.4, 0.5) is 13.2 Å². The van der Waals surface area contributed by atoms with E-state index < -0.39 is 17.8 Å². The molecule has 1 fully saturated rings. The fourth-order valence-electron chi connectivity index (χ4n) is 2.99. The molecule has 150 valence electrons. The van der Waals surface area contributed by atoms with E-state index in [0.717, 1.165) is 12.3 Å². The number of carbonyl (C=O) groups excluding carboxylic acids is 1. The lowest BCUT2D eigenvalue weighted by atomic mass is 10.1. The Bertz CT molecular complexity index is 774. The Balaban J connectivity index is 1.48. The molecule has 0 saturated carbocycles. The number of aromatic nitrogens is 1. The van der Waals surface area contributed by atoms with Gasteiger partial charge in [0.2, 0.25) is 5.88 Å². The van der Waals surface area contributed by atoms with Gasteiger partial charge in [-0.3, -0.25) is 4.79 Å².